The van der Waals surface area contributed by atoms with Crippen LogP contribution in [0.3, 0.4) is 0 Å². The molecule has 2 aromatic rings. The molecule has 3 saturated heterocycles. The summed E-state index contributed by atoms with van der Waals surface area (Å²) < 4.78 is 6.69. The second-order valence-electron chi connectivity index (χ2n) is 9.58. The van der Waals surface area contributed by atoms with Crippen molar-refractivity contribution in [1.29, 1.82) is 0 Å². The van der Waals surface area contributed by atoms with E-state index in [0.29, 0.717) is 28.7 Å². The smallest absolute Gasteiger partial charge is 0.348 e. The normalized spacial score (nSPS) is 24.9. The summed E-state index contributed by atoms with van der Waals surface area (Å²) in [6.07, 6.45) is 1.53. The number of quaternary nitrogens is 1. The Labute approximate surface area is 189 Å². The van der Waals surface area contributed by atoms with Gasteiger partial charge in [-0.2, -0.15) is 0 Å². The zero-order valence-electron chi connectivity index (χ0n) is 18.9. The first-order valence-corrected chi connectivity index (χ1v) is 11.5. The Balaban J connectivity index is 1.56. The van der Waals surface area contributed by atoms with Gasteiger partial charge in [-0.05, 0) is 25.0 Å². The first kappa shape index (κ1) is 22.5. The largest absolute Gasteiger partial charge is 0.453 e. The summed E-state index contributed by atoms with van der Waals surface area (Å²) in [6, 6.07) is 18.0. The number of esters is 1. The van der Waals surface area contributed by atoms with Gasteiger partial charge < -0.3 is 19.6 Å². The fourth-order valence-electron chi connectivity index (χ4n) is 5.23. The molecule has 0 unspecified atom stereocenters. The summed E-state index contributed by atoms with van der Waals surface area (Å²) in [4.78, 5) is 26.0. The Morgan fingerprint density at radius 2 is 1.56 bits per heavy atom. The van der Waals surface area contributed by atoms with Gasteiger partial charge in [-0.3, -0.25) is 4.79 Å². The van der Waals surface area contributed by atoms with Crippen LogP contribution in [0.1, 0.15) is 37.8 Å². The molecule has 6 nitrogen and oxygen atoms in total. The lowest BCUT2D eigenvalue weighted by Crippen LogP contribution is -2.67. The van der Waals surface area contributed by atoms with Crippen LogP contribution in [0.2, 0.25) is 0 Å². The Hall–Kier alpha value is -2.70. The van der Waals surface area contributed by atoms with E-state index in [1.807, 2.05) is 26.0 Å². The average Bonchev–Trinajstić information content (AvgIpc) is 2.79. The zero-order valence-corrected chi connectivity index (χ0v) is 18.9. The van der Waals surface area contributed by atoms with Crippen LogP contribution in [0.25, 0.3) is 0 Å². The Morgan fingerprint density at radius 1 is 1.03 bits per heavy atom. The minimum absolute atomic E-state index is 0.0375. The molecular weight excluding hydrogens is 404 g/mol. The molecule has 2 bridgehead atoms. The molecule has 5 rings (SSSR count). The molecule has 1 atom stereocenters. The van der Waals surface area contributed by atoms with E-state index in [2.05, 4.69) is 5.32 Å². The first-order valence-electron chi connectivity index (χ1n) is 11.5. The minimum Gasteiger partial charge on any atom is -0.453 e. The fraction of sp³-hybridized carbons (Fsp3) is 0.462. The zero-order chi connectivity index (χ0) is 22.8. The third-order valence-corrected chi connectivity index (χ3v) is 6.91. The van der Waals surface area contributed by atoms with E-state index in [1.165, 1.54) is 0 Å². The van der Waals surface area contributed by atoms with Crippen molar-refractivity contribution in [3.63, 3.8) is 0 Å². The highest BCUT2D eigenvalue weighted by molar-refractivity contribution is 5.85. The number of amides is 1. The van der Waals surface area contributed by atoms with Crippen LogP contribution in [0.4, 0.5) is 0 Å². The highest BCUT2D eigenvalue weighted by atomic mass is 16.6. The maximum absolute atomic E-state index is 13.5. The Morgan fingerprint density at radius 3 is 2.06 bits per heavy atom. The maximum atomic E-state index is 13.5. The van der Waals surface area contributed by atoms with Crippen molar-refractivity contribution in [2.75, 3.05) is 26.2 Å². The summed E-state index contributed by atoms with van der Waals surface area (Å²) in [7, 11) is 0. The van der Waals surface area contributed by atoms with Crippen molar-refractivity contribution in [2.45, 2.75) is 44.4 Å². The molecule has 3 aliphatic heterocycles. The molecule has 3 fully saturated rings. The van der Waals surface area contributed by atoms with E-state index in [0.717, 1.165) is 25.9 Å². The molecule has 2 N–H and O–H groups in total. The third-order valence-electron chi connectivity index (χ3n) is 6.91. The number of hydrogen-bond acceptors (Lipinski definition) is 4. The number of benzene rings is 2. The van der Waals surface area contributed by atoms with Crippen molar-refractivity contribution in [1.82, 2.24) is 5.32 Å². The summed E-state index contributed by atoms with van der Waals surface area (Å²) >= 11 is 0. The number of piperidine rings is 3. The SMILES string of the molecule is CC(C)NC(=O)C[N+]12CCC(CC1)[C@@H](OC(=O)C(O)(c1ccccc1)c1ccccc1)C2. The molecular formula is C26H33N2O4+. The maximum Gasteiger partial charge on any atom is 0.348 e. The van der Waals surface area contributed by atoms with Crippen LogP contribution in [0.15, 0.2) is 60.7 Å². The summed E-state index contributed by atoms with van der Waals surface area (Å²) in [6.45, 7) is 6.78. The lowest BCUT2D eigenvalue weighted by atomic mass is 9.82. The number of fused-ring (bicyclic) bond motifs is 3. The van der Waals surface area contributed by atoms with E-state index >= 15 is 0 Å². The summed E-state index contributed by atoms with van der Waals surface area (Å²) in [5, 5.41) is 14.7. The molecule has 2 aromatic carbocycles. The Kier molecular flexibility index (Phi) is 6.35. The van der Waals surface area contributed by atoms with Crippen LogP contribution in [0.5, 0.6) is 0 Å². The van der Waals surface area contributed by atoms with Crippen molar-refractivity contribution in [3.05, 3.63) is 71.8 Å². The monoisotopic (exact) mass is 437 g/mol. The van der Waals surface area contributed by atoms with Gasteiger partial charge in [0.05, 0.1) is 13.1 Å². The van der Waals surface area contributed by atoms with E-state index in [1.54, 1.807) is 48.5 Å². The van der Waals surface area contributed by atoms with Crippen LogP contribution in [-0.2, 0) is 19.9 Å². The number of nitrogens with zero attached hydrogens (tertiary/aromatic N) is 1. The number of carbonyl (C=O) groups is 2. The van der Waals surface area contributed by atoms with Gasteiger partial charge in [0.1, 0.15) is 6.54 Å². The molecule has 1 amide bonds. The topological polar surface area (TPSA) is 75.6 Å². The van der Waals surface area contributed by atoms with Crippen LogP contribution < -0.4 is 5.32 Å². The predicted octanol–water partition coefficient (Wildman–Crippen LogP) is 2.60. The molecule has 32 heavy (non-hydrogen) atoms. The van der Waals surface area contributed by atoms with E-state index in [9.17, 15) is 14.7 Å². The highest BCUT2D eigenvalue weighted by Gasteiger charge is 2.51. The quantitative estimate of drug-likeness (QED) is 0.516. The van der Waals surface area contributed by atoms with Crippen molar-refractivity contribution in [2.24, 2.45) is 5.92 Å². The highest BCUT2D eigenvalue weighted by Crippen LogP contribution is 2.38. The molecule has 6 heteroatoms. The van der Waals surface area contributed by atoms with Crippen LogP contribution in [-0.4, -0.2) is 59.8 Å². The van der Waals surface area contributed by atoms with Gasteiger partial charge in [-0.15, -0.1) is 0 Å². The lowest BCUT2D eigenvalue weighted by molar-refractivity contribution is -0.939. The fourth-order valence-corrected chi connectivity index (χ4v) is 5.23. The summed E-state index contributed by atoms with van der Waals surface area (Å²) in [5.74, 6) is -0.350. The first-order chi connectivity index (χ1) is 15.3. The second-order valence-corrected chi connectivity index (χ2v) is 9.58. The third kappa shape index (κ3) is 4.43. The molecule has 0 radical (unpaired) electrons. The standard InChI is InChI=1S/C26H32N2O4/c1-19(2)27-24(29)18-28-15-13-20(14-16-28)23(17-28)32-25(30)26(31,21-9-5-3-6-10-21)22-11-7-4-8-12-22/h3-12,19-20,23,31H,13-18H2,1-2H3/p+1/t20?,23-,28?/m0/s1. The molecule has 0 aliphatic carbocycles. The number of ether oxygens (including phenoxy) is 1. The van der Waals surface area contributed by atoms with Crippen molar-refractivity contribution >= 4 is 11.9 Å². The van der Waals surface area contributed by atoms with Gasteiger partial charge >= 0.3 is 5.97 Å². The van der Waals surface area contributed by atoms with Gasteiger partial charge in [0.25, 0.3) is 5.91 Å². The number of hydrogen-bond donors (Lipinski definition) is 2. The molecule has 3 heterocycles. The number of rotatable bonds is 7. The van der Waals surface area contributed by atoms with Gasteiger partial charge in [0.2, 0.25) is 5.60 Å². The van der Waals surface area contributed by atoms with E-state index in [-0.39, 0.29) is 24.0 Å². The molecule has 170 valence electrons. The second kappa shape index (κ2) is 9.04. The molecule has 0 saturated carbocycles. The van der Waals surface area contributed by atoms with Gasteiger partial charge in [-0.1, -0.05) is 60.7 Å². The molecule has 0 spiro atoms. The van der Waals surface area contributed by atoms with Crippen LogP contribution >= 0.6 is 0 Å². The number of carbonyl (C=O) groups excluding carboxylic acids is 2. The minimum atomic E-state index is -1.88. The summed E-state index contributed by atoms with van der Waals surface area (Å²) in [5.41, 5.74) is -0.913. The van der Waals surface area contributed by atoms with Gasteiger partial charge in [0, 0.05) is 24.8 Å². The lowest BCUT2D eigenvalue weighted by Gasteiger charge is -2.51. The van der Waals surface area contributed by atoms with Crippen LogP contribution in [0, 0.1) is 5.92 Å². The number of nitrogens with one attached hydrogen (secondary N) is 1. The van der Waals surface area contributed by atoms with Gasteiger partial charge in [0.15, 0.2) is 12.6 Å². The number of aliphatic hydroxyl groups is 1. The predicted molar refractivity (Wildman–Crippen MR) is 121 cm³/mol. The Bertz CT molecular complexity index is 897. The average molecular weight is 438 g/mol. The van der Waals surface area contributed by atoms with Crippen molar-refractivity contribution < 1.29 is 23.9 Å². The van der Waals surface area contributed by atoms with E-state index < -0.39 is 11.6 Å². The molecule has 3 aliphatic rings. The van der Waals surface area contributed by atoms with E-state index in [4.69, 9.17) is 4.74 Å². The molecule has 0 aromatic heterocycles. The van der Waals surface area contributed by atoms with Gasteiger partial charge in [-0.25, -0.2) is 4.79 Å². The van der Waals surface area contributed by atoms with Crippen molar-refractivity contribution in [3.8, 4) is 0 Å².